The van der Waals surface area contributed by atoms with Gasteiger partial charge in [0.1, 0.15) is 5.75 Å². The number of methoxy groups -OCH3 is 1. The Labute approximate surface area is 184 Å². The van der Waals surface area contributed by atoms with Gasteiger partial charge in [-0.05, 0) is 43.2 Å². The van der Waals surface area contributed by atoms with E-state index in [4.69, 9.17) is 4.74 Å². The summed E-state index contributed by atoms with van der Waals surface area (Å²) in [5, 5.41) is 9.37. The maximum Gasteiger partial charge on any atom is 0.221 e. The van der Waals surface area contributed by atoms with Crippen molar-refractivity contribution in [3.63, 3.8) is 0 Å². The molecule has 0 heterocycles. The zero-order valence-electron chi connectivity index (χ0n) is 16.8. The van der Waals surface area contributed by atoms with Crippen molar-refractivity contribution in [3.05, 3.63) is 59.2 Å². The van der Waals surface area contributed by atoms with Crippen LogP contribution >= 0.6 is 24.0 Å². The van der Waals surface area contributed by atoms with Crippen LogP contribution in [0.2, 0.25) is 0 Å². The highest BCUT2D eigenvalue weighted by Crippen LogP contribution is 2.19. The molecule has 0 aliphatic carbocycles. The predicted molar refractivity (Wildman–Crippen MR) is 126 cm³/mol. The second kappa shape index (κ2) is 12.2. The van der Waals surface area contributed by atoms with Crippen LogP contribution in [0.25, 0.3) is 0 Å². The van der Waals surface area contributed by atoms with Gasteiger partial charge in [-0.25, -0.2) is 4.99 Å². The van der Waals surface area contributed by atoms with Crippen molar-refractivity contribution < 1.29 is 9.53 Å². The maximum absolute atomic E-state index is 11.2. The summed E-state index contributed by atoms with van der Waals surface area (Å²) in [7, 11) is 1.68. The van der Waals surface area contributed by atoms with Crippen LogP contribution in [0.5, 0.6) is 5.75 Å². The number of anilines is 1. The van der Waals surface area contributed by atoms with Crippen LogP contribution in [-0.4, -0.2) is 25.5 Å². The van der Waals surface area contributed by atoms with E-state index in [1.807, 2.05) is 44.2 Å². The molecule has 28 heavy (non-hydrogen) atoms. The Kier molecular flexibility index (Phi) is 10.4. The van der Waals surface area contributed by atoms with Crippen molar-refractivity contribution in [1.29, 1.82) is 0 Å². The lowest BCUT2D eigenvalue weighted by Gasteiger charge is -2.14. The molecule has 0 fully saturated rings. The maximum atomic E-state index is 11.2. The Morgan fingerprint density at radius 1 is 1.14 bits per heavy atom. The quantitative estimate of drug-likeness (QED) is 0.310. The number of hydrogen-bond donors (Lipinski definition) is 3. The fourth-order valence-corrected chi connectivity index (χ4v) is 2.64. The molecular weight excluding hydrogens is 467 g/mol. The van der Waals surface area contributed by atoms with E-state index in [1.54, 1.807) is 7.11 Å². The molecule has 2 aromatic rings. The molecule has 0 unspecified atom stereocenters. The first-order valence-electron chi connectivity index (χ1n) is 9.04. The summed E-state index contributed by atoms with van der Waals surface area (Å²) >= 11 is 0. The SMILES string of the molecule is CCNC(=NCc1cccc(NC(C)=O)c1)NCc1ccc(C)cc1OC.I. The van der Waals surface area contributed by atoms with Crippen LogP contribution in [0.15, 0.2) is 47.5 Å². The number of carbonyl (C=O) groups excluding carboxylic acids is 1. The van der Waals surface area contributed by atoms with Crippen LogP contribution in [0.3, 0.4) is 0 Å². The normalized spacial score (nSPS) is 10.6. The standard InChI is InChI=1S/C21H28N4O2.HI/c1-5-22-21(24-14-18-10-9-15(2)11-20(18)27-4)23-13-17-7-6-8-19(12-17)25-16(3)26;/h6-12H,5,13-14H2,1-4H3,(H,25,26)(H2,22,23,24);1H. The summed E-state index contributed by atoms with van der Waals surface area (Å²) in [6.07, 6.45) is 0. The van der Waals surface area contributed by atoms with Crippen molar-refractivity contribution in [2.45, 2.75) is 33.9 Å². The van der Waals surface area contributed by atoms with E-state index in [0.29, 0.717) is 13.1 Å². The molecule has 3 N–H and O–H groups in total. The van der Waals surface area contributed by atoms with Crippen LogP contribution < -0.4 is 20.7 Å². The number of rotatable bonds is 7. The number of aliphatic imine (C=N–C) groups is 1. The molecule has 0 radical (unpaired) electrons. The van der Waals surface area contributed by atoms with Crippen molar-refractivity contribution in [3.8, 4) is 5.75 Å². The van der Waals surface area contributed by atoms with E-state index in [2.05, 4.69) is 33.1 Å². The first-order valence-corrected chi connectivity index (χ1v) is 9.04. The molecule has 0 atom stereocenters. The van der Waals surface area contributed by atoms with E-state index in [1.165, 1.54) is 6.92 Å². The molecule has 0 aromatic heterocycles. The number of ether oxygens (including phenoxy) is 1. The third kappa shape index (κ3) is 7.75. The van der Waals surface area contributed by atoms with Gasteiger partial charge in [-0.3, -0.25) is 4.79 Å². The number of carbonyl (C=O) groups is 1. The minimum Gasteiger partial charge on any atom is -0.496 e. The smallest absolute Gasteiger partial charge is 0.221 e. The Morgan fingerprint density at radius 2 is 1.93 bits per heavy atom. The number of aryl methyl sites for hydroxylation is 1. The number of halogens is 1. The molecule has 0 saturated heterocycles. The molecule has 1 amide bonds. The van der Waals surface area contributed by atoms with E-state index in [9.17, 15) is 4.79 Å². The monoisotopic (exact) mass is 496 g/mol. The average Bonchev–Trinajstić information content (AvgIpc) is 2.64. The summed E-state index contributed by atoms with van der Waals surface area (Å²) < 4.78 is 5.46. The zero-order valence-corrected chi connectivity index (χ0v) is 19.2. The minimum atomic E-state index is -0.0855. The lowest BCUT2D eigenvalue weighted by Crippen LogP contribution is -2.36. The summed E-state index contributed by atoms with van der Waals surface area (Å²) in [5.74, 6) is 1.50. The van der Waals surface area contributed by atoms with Gasteiger partial charge in [-0.1, -0.05) is 24.3 Å². The van der Waals surface area contributed by atoms with Gasteiger partial charge in [-0.15, -0.1) is 24.0 Å². The molecule has 2 aromatic carbocycles. The highest BCUT2D eigenvalue weighted by Gasteiger charge is 2.05. The Morgan fingerprint density at radius 3 is 2.61 bits per heavy atom. The second-order valence-electron chi connectivity index (χ2n) is 6.25. The molecule has 0 spiro atoms. The number of nitrogens with one attached hydrogen (secondary N) is 3. The summed E-state index contributed by atoms with van der Waals surface area (Å²) in [4.78, 5) is 15.8. The van der Waals surface area contributed by atoms with Crippen LogP contribution in [0.1, 0.15) is 30.5 Å². The van der Waals surface area contributed by atoms with E-state index in [-0.39, 0.29) is 29.9 Å². The molecule has 6 nitrogen and oxygen atoms in total. The number of hydrogen-bond acceptors (Lipinski definition) is 3. The van der Waals surface area contributed by atoms with Gasteiger partial charge in [0.2, 0.25) is 5.91 Å². The zero-order chi connectivity index (χ0) is 19.6. The van der Waals surface area contributed by atoms with Crippen LogP contribution in [-0.2, 0) is 17.9 Å². The van der Waals surface area contributed by atoms with Gasteiger partial charge in [0.15, 0.2) is 5.96 Å². The largest absolute Gasteiger partial charge is 0.496 e. The van der Waals surface area contributed by atoms with Gasteiger partial charge < -0.3 is 20.7 Å². The summed E-state index contributed by atoms with van der Waals surface area (Å²) in [5.41, 5.74) is 4.03. The first-order chi connectivity index (χ1) is 13.0. The number of guanidine groups is 1. The lowest BCUT2D eigenvalue weighted by molar-refractivity contribution is -0.114. The summed E-state index contributed by atoms with van der Waals surface area (Å²) in [6, 6.07) is 13.8. The number of benzene rings is 2. The van der Waals surface area contributed by atoms with Gasteiger partial charge in [0.25, 0.3) is 0 Å². The van der Waals surface area contributed by atoms with Gasteiger partial charge >= 0.3 is 0 Å². The number of nitrogens with zero attached hydrogens (tertiary/aromatic N) is 1. The highest BCUT2D eigenvalue weighted by atomic mass is 127. The Hall–Kier alpha value is -2.29. The van der Waals surface area contributed by atoms with E-state index in [0.717, 1.165) is 40.6 Å². The highest BCUT2D eigenvalue weighted by molar-refractivity contribution is 14.0. The Balaban J connectivity index is 0.00000392. The fourth-order valence-electron chi connectivity index (χ4n) is 2.64. The molecule has 0 bridgehead atoms. The topological polar surface area (TPSA) is 74.8 Å². The third-order valence-electron chi connectivity index (χ3n) is 3.90. The molecular formula is C21H29IN4O2. The molecule has 2 rings (SSSR count). The average molecular weight is 496 g/mol. The minimum absolute atomic E-state index is 0. The van der Waals surface area contributed by atoms with Crippen molar-refractivity contribution in [2.24, 2.45) is 4.99 Å². The Bertz CT molecular complexity index is 809. The molecule has 0 aliphatic heterocycles. The van der Waals surface area contributed by atoms with Crippen molar-refractivity contribution in [1.82, 2.24) is 10.6 Å². The molecule has 0 saturated carbocycles. The van der Waals surface area contributed by atoms with Gasteiger partial charge in [-0.2, -0.15) is 0 Å². The molecule has 7 heteroatoms. The molecule has 152 valence electrons. The predicted octanol–water partition coefficient (Wildman–Crippen LogP) is 3.84. The fraction of sp³-hybridized carbons (Fsp3) is 0.333. The van der Waals surface area contributed by atoms with Gasteiger partial charge in [0.05, 0.1) is 13.7 Å². The third-order valence-corrected chi connectivity index (χ3v) is 3.90. The van der Waals surface area contributed by atoms with E-state index >= 15 is 0 Å². The first kappa shape index (κ1) is 23.7. The van der Waals surface area contributed by atoms with E-state index < -0.39 is 0 Å². The van der Waals surface area contributed by atoms with Crippen LogP contribution in [0, 0.1) is 6.92 Å². The van der Waals surface area contributed by atoms with Crippen molar-refractivity contribution >= 4 is 41.5 Å². The van der Waals surface area contributed by atoms with Crippen molar-refractivity contribution in [2.75, 3.05) is 19.0 Å². The lowest BCUT2D eigenvalue weighted by atomic mass is 10.1. The van der Waals surface area contributed by atoms with Gasteiger partial charge in [0, 0.05) is 31.3 Å². The molecule has 0 aliphatic rings. The second-order valence-corrected chi connectivity index (χ2v) is 6.25. The number of amides is 1. The van der Waals surface area contributed by atoms with Crippen LogP contribution in [0.4, 0.5) is 5.69 Å². The summed E-state index contributed by atoms with van der Waals surface area (Å²) in [6.45, 7) is 7.45.